The van der Waals surface area contributed by atoms with E-state index in [9.17, 15) is 9.59 Å². The second-order valence-corrected chi connectivity index (χ2v) is 12.6. The standard InChI is InChI=1S/2C16H21IN4O/c2*1-3-8-21(4-2)9-7-18-16(22)15-11-19-14-10-12(17)5-6-13(14)20-15/h2*5-6,10-11H,3-4,7-9H2,1-2H3,(H,18,22)/i17-2;. The van der Waals surface area contributed by atoms with Gasteiger partial charge in [0.05, 0.1) is 34.5 Å². The van der Waals surface area contributed by atoms with Crippen molar-refractivity contribution >= 4 is 79.1 Å². The van der Waals surface area contributed by atoms with Crippen LogP contribution in [0.3, 0.4) is 0 Å². The summed E-state index contributed by atoms with van der Waals surface area (Å²) in [5.74, 6) is -0.332. The van der Waals surface area contributed by atoms with E-state index >= 15 is 0 Å². The largest absolute Gasteiger partial charge is 0.349 e. The summed E-state index contributed by atoms with van der Waals surface area (Å²) in [7, 11) is 0. The maximum absolute atomic E-state index is 12.1. The number of hydrogen-bond donors (Lipinski definition) is 2. The van der Waals surface area contributed by atoms with Crippen molar-refractivity contribution in [1.82, 2.24) is 40.4 Å². The Morgan fingerprint density at radius 2 is 1.18 bits per heavy atom. The summed E-state index contributed by atoms with van der Waals surface area (Å²) in [4.78, 5) is 46.3. The van der Waals surface area contributed by atoms with Gasteiger partial charge in [-0.25, -0.2) is 9.97 Å². The van der Waals surface area contributed by atoms with E-state index in [1.807, 2.05) is 36.4 Å². The minimum absolute atomic E-state index is 0.166. The molecular formula is C32H42I2N8O2. The first-order valence-electron chi connectivity index (χ1n) is 15.1. The molecule has 0 unspecified atom stereocenters. The third kappa shape index (κ3) is 11.4. The predicted molar refractivity (Wildman–Crippen MR) is 194 cm³/mol. The number of carbonyl (C=O) groups excluding carboxylic acids is 2. The highest BCUT2D eigenvalue weighted by Gasteiger charge is 2.11. The molecule has 4 rings (SSSR count). The van der Waals surface area contributed by atoms with Gasteiger partial charge in [-0.1, -0.05) is 27.7 Å². The van der Waals surface area contributed by atoms with Crippen molar-refractivity contribution in [3.63, 3.8) is 0 Å². The number of hydrogen-bond acceptors (Lipinski definition) is 8. The van der Waals surface area contributed by atoms with E-state index in [-0.39, 0.29) is 11.8 Å². The van der Waals surface area contributed by atoms with Crippen molar-refractivity contribution < 1.29 is 9.59 Å². The van der Waals surface area contributed by atoms with E-state index in [2.05, 4.69) is 113 Å². The summed E-state index contributed by atoms with van der Waals surface area (Å²) < 4.78 is 2.21. The summed E-state index contributed by atoms with van der Waals surface area (Å²) in [6.45, 7) is 15.7. The van der Waals surface area contributed by atoms with E-state index in [1.54, 1.807) is 0 Å². The smallest absolute Gasteiger partial charge is 0.271 e. The molecule has 44 heavy (non-hydrogen) atoms. The number of rotatable bonds is 14. The number of carbonyl (C=O) groups is 2. The molecule has 0 spiro atoms. The maximum Gasteiger partial charge on any atom is 0.271 e. The Labute approximate surface area is 287 Å². The molecule has 2 amide bonds. The molecule has 0 saturated heterocycles. The van der Waals surface area contributed by atoms with Gasteiger partial charge in [0.1, 0.15) is 11.4 Å². The second kappa shape index (κ2) is 19.1. The molecule has 0 bridgehead atoms. The first-order chi connectivity index (χ1) is 21.3. The number of halogens is 2. The average molecular weight is 823 g/mol. The van der Waals surface area contributed by atoms with Gasteiger partial charge in [0.15, 0.2) is 0 Å². The number of nitrogens with zero attached hydrogens (tertiary/aromatic N) is 6. The number of nitrogens with one attached hydrogen (secondary N) is 2. The number of amides is 2. The second-order valence-electron chi connectivity index (χ2n) is 10.2. The van der Waals surface area contributed by atoms with Gasteiger partial charge in [-0.15, -0.1) is 0 Å². The van der Waals surface area contributed by atoms with Crippen LogP contribution in [-0.2, 0) is 0 Å². The third-order valence-electron chi connectivity index (χ3n) is 6.88. The minimum atomic E-state index is -0.166. The Kier molecular flexibility index (Phi) is 15.6. The number of likely N-dealkylation sites (N-methyl/N-ethyl adjacent to an activating group) is 2. The first kappa shape index (κ1) is 35.9. The zero-order valence-electron chi connectivity index (χ0n) is 25.9. The maximum atomic E-state index is 12.1. The van der Waals surface area contributed by atoms with E-state index in [4.69, 9.17) is 0 Å². The lowest BCUT2D eigenvalue weighted by Gasteiger charge is -2.19. The van der Waals surface area contributed by atoms with Crippen LogP contribution in [0.15, 0.2) is 48.8 Å². The van der Waals surface area contributed by atoms with Gasteiger partial charge < -0.3 is 20.4 Å². The minimum Gasteiger partial charge on any atom is -0.349 e. The summed E-state index contributed by atoms with van der Waals surface area (Å²) >= 11 is 4.47. The number of benzene rings is 2. The zero-order valence-corrected chi connectivity index (χ0v) is 30.3. The molecule has 2 heterocycles. The topological polar surface area (TPSA) is 116 Å². The monoisotopic (exact) mass is 822 g/mol. The summed E-state index contributed by atoms with van der Waals surface area (Å²) in [5.41, 5.74) is 3.84. The molecule has 0 saturated carbocycles. The summed E-state index contributed by atoms with van der Waals surface area (Å²) in [6.07, 6.45) is 5.32. The number of fused-ring (bicyclic) bond motifs is 2. The lowest BCUT2D eigenvalue weighted by molar-refractivity contribution is 0.0935. The van der Waals surface area contributed by atoms with Crippen LogP contribution >= 0.6 is 45.2 Å². The van der Waals surface area contributed by atoms with E-state index in [0.29, 0.717) is 24.5 Å². The molecule has 4 aromatic rings. The Morgan fingerprint density at radius 1 is 0.705 bits per heavy atom. The van der Waals surface area contributed by atoms with Crippen molar-refractivity contribution in [2.24, 2.45) is 0 Å². The van der Waals surface area contributed by atoms with Gasteiger partial charge >= 0.3 is 0 Å². The van der Waals surface area contributed by atoms with Crippen LogP contribution in [0.4, 0.5) is 0 Å². The molecule has 10 nitrogen and oxygen atoms in total. The lowest BCUT2D eigenvalue weighted by atomic mass is 10.3. The molecule has 2 N–H and O–H groups in total. The Hall–Kier alpha value is -2.56. The SMILES string of the molecule is CCCN(CC)CCNC(=O)c1cnc2cc(I)ccc2n1.CCCN(CC)CCNC(=O)c1cnc2cc([125I])ccc2n1. The van der Waals surface area contributed by atoms with Crippen LogP contribution in [0.25, 0.3) is 22.1 Å². The van der Waals surface area contributed by atoms with Gasteiger partial charge in [0.2, 0.25) is 0 Å². The van der Waals surface area contributed by atoms with Crippen molar-refractivity contribution in [3.8, 4) is 0 Å². The third-order valence-corrected chi connectivity index (χ3v) is 8.22. The van der Waals surface area contributed by atoms with E-state index < -0.39 is 0 Å². The summed E-state index contributed by atoms with van der Waals surface area (Å²) in [6, 6.07) is 11.6. The number of aromatic nitrogens is 4. The van der Waals surface area contributed by atoms with Gasteiger partial charge in [0.25, 0.3) is 11.8 Å². The molecule has 0 aliphatic heterocycles. The van der Waals surface area contributed by atoms with Gasteiger partial charge in [0, 0.05) is 33.3 Å². The molecule has 0 aliphatic rings. The summed E-state index contributed by atoms with van der Waals surface area (Å²) in [5, 5.41) is 5.83. The molecule has 2 aromatic carbocycles. The van der Waals surface area contributed by atoms with Crippen LogP contribution < -0.4 is 10.6 Å². The van der Waals surface area contributed by atoms with Crippen LogP contribution in [0.5, 0.6) is 0 Å². The van der Waals surface area contributed by atoms with Crippen LogP contribution in [0, 0.1) is 7.14 Å². The van der Waals surface area contributed by atoms with Crippen molar-refractivity contribution in [3.05, 3.63) is 67.3 Å². The quantitative estimate of drug-likeness (QED) is 0.163. The lowest BCUT2D eigenvalue weighted by Crippen LogP contribution is -2.35. The molecular weight excluding hydrogens is 780 g/mol. The molecule has 2 aromatic heterocycles. The van der Waals surface area contributed by atoms with Crippen LogP contribution in [0.1, 0.15) is 61.5 Å². The molecule has 12 heteroatoms. The predicted octanol–water partition coefficient (Wildman–Crippen LogP) is 5.39. The zero-order chi connectivity index (χ0) is 31.9. The van der Waals surface area contributed by atoms with E-state index in [0.717, 1.165) is 81.3 Å². The first-order valence-corrected chi connectivity index (χ1v) is 17.3. The molecule has 0 fully saturated rings. The fourth-order valence-electron chi connectivity index (χ4n) is 4.51. The van der Waals surface area contributed by atoms with Gasteiger partial charge in [-0.05, 0) is 121 Å². The van der Waals surface area contributed by atoms with Crippen LogP contribution in [-0.4, -0.2) is 93.9 Å². The molecule has 0 aliphatic carbocycles. The van der Waals surface area contributed by atoms with Gasteiger partial charge in [-0.2, -0.15) is 0 Å². The van der Waals surface area contributed by atoms with E-state index in [1.165, 1.54) is 12.4 Å². The highest BCUT2D eigenvalue weighted by molar-refractivity contribution is 14.1. The Balaban J connectivity index is 0.000000240. The van der Waals surface area contributed by atoms with Crippen molar-refractivity contribution in [1.29, 1.82) is 0 Å². The van der Waals surface area contributed by atoms with Crippen LogP contribution in [0.2, 0.25) is 0 Å². The molecule has 0 atom stereocenters. The average Bonchev–Trinajstić information content (AvgIpc) is 3.03. The highest BCUT2D eigenvalue weighted by atomic mass is 127. The Bertz CT molecular complexity index is 1410. The Morgan fingerprint density at radius 3 is 1.66 bits per heavy atom. The van der Waals surface area contributed by atoms with Crippen molar-refractivity contribution in [2.45, 2.75) is 40.5 Å². The highest BCUT2D eigenvalue weighted by Crippen LogP contribution is 2.15. The fraction of sp³-hybridized carbons (Fsp3) is 0.438. The molecule has 0 radical (unpaired) electrons. The normalized spacial score (nSPS) is 11.1. The fourth-order valence-corrected chi connectivity index (χ4v) is 5.46. The van der Waals surface area contributed by atoms with Crippen molar-refractivity contribution in [2.75, 3.05) is 52.4 Å². The van der Waals surface area contributed by atoms with Gasteiger partial charge in [-0.3, -0.25) is 19.6 Å². The molecule has 236 valence electrons.